The highest BCUT2D eigenvalue weighted by atomic mass is 127. The maximum Gasteiger partial charge on any atom is 0.407 e. The van der Waals surface area contributed by atoms with E-state index in [1.165, 1.54) is 12.8 Å². The third kappa shape index (κ3) is 9.42. The number of para-hydroxylation sites is 1. The summed E-state index contributed by atoms with van der Waals surface area (Å²) >= 11 is 0. The lowest BCUT2D eigenvalue weighted by molar-refractivity contribution is 0.0490. The van der Waals surface area contributed by atoms with Gasteiger partial charge in [0.2, 0.25) is 0 Å². The molecular formula is C24H39IN4O3. The normalized spacial score (nSPS) is 21.2. The standard InChI is InChI=1S/C24H38N4O3.HI/c1-24(2,3)31-23(29)28-20-13-11-19(12-14-20)27-22(25-4)26-15-18-7-5-6-8-21(18)30-16-17-9-10-17;/h5-8,17,19-20H,9-16H2,1-4H3,(H,28,29)(H2,25,26,27);1H. The van der Waals surface area contributed by atoms with Crippen molar-refractivity contribution in [2.45, 2.75) is 83.5 Å². The van der Waals surface area contributed by atoms with Gasteiger partial charge in [0.25, 0.3) is 0 Å². The molecule has 2 fully saturated rings. The van der Waals surface area contributed by atoms with Gasteiger partial charge in [-0.1, -0.05) is 18.2 Å². The van der Waals surface area contributed by atoms with Crippen LogP contribution in [-0.2, 0) is 11.3 Å². The van der Waals surface area contributed by atoms with Crippen molar-refractivity contribution in [2.24, 2.45) is 10.9 Å². The number of hydrogen-bond donors (Lipinski definition) is 3. The summed E-state index contributed by atoms with van der Waals surface area (Å²) in [5, 5.41) is 9.93. The minimum absolute atomic E-state index is 0. The number of alkyl carbamates (subject to hydrolysis) is 1. The number of hydrogen-bond acceptors (Lipinski definition) is 4. The van der Waals surface area contributed by atoms with E-state index in [-0.39, 0.29) is 36.1 Å². The fraction of sp³-hybridized carbons (Fsp3) is 0.667. The van der Waals surface area contributed by atoms with Crippen LogP contribution >= 0.6 is 24.0 Å². The van der Waals surface area contributed by atoms with Crippen LogP contribution in [0.2, 0.25) is 0 Å². The van der Waals surface area contributed by atoms with Crippen molar-refractivity contribution in [3.05, 3.63) is 29.8 Å². The number of rotatable bonds is 7. The molecule has 0 atom stereocenters. The SMILES string of the molecule is CN=C(NCc1ccccc1OCC1CC1)NC1CCC(NC(=O)OC(C)(C)C)CC1.I. The summed E-state index contributed by atoms with van der Waals surface area (Å²) in [6.45, 7) is 7.11. The molecular weight excluding hydrogens is 519 g/mol. The Bertz CT molecular complexity index is 754. The summed E-state index contributed by atoms with van der Waals surface area (Å²) < 4.78 is 11.4. The Morgan fingerprint density at radius 3 is 2.25 bits per heavy atom. The van der Waals surface area contributed by atoms with Gasteiger partial charge in [-0.05, 0) is 71.3 Å². The van der Waals surface area contributed by atoms with Crippen LogP contribution in [0.1, 0.15) is 64.9 Å². The quantitative estimate of drug-likeness (QED) is 0.259. The lowest BCUT2D eigenvalue weighted by atomic mass is 9.91. The molecule has 1 aromatic carbocycles. The lowest BCUT2D eigenvalue weighted by Gasteiger charge is -2.31. The average molecular weight is 559 g/mol. The number of ether oxygens (including phenoxy) is 2. The fourth-order valence-electron chi connectivity index (χ4n) is 3.71. The maximum absolute atomic E-state index is 12.0. The monoisotopic (exact) mass is 558 g/mol. The first-order chi connectivity index (χ1) is 14.8. The number of guanidine groups is 1. The summed E-state index contributed by atoms with van der Waals surface area (Å²) in [6, 6.07) is 8.69. The molecule has 1 amide bonds. The van der Waals surface area contributed by atoms with Crippen LogP contribution in [0, 0.1) is 5.92 Å². The molecule has 2 aliphatic carbocycles. The van der Waals surface area contributed by atoms with Crippen LogP contribution in [0.25, 0.3) is 0 Å². The first kappa shape index (κ1) is 26.5. The van der Waals surface area contributed by atoms with Crippen molar-refractivity contribution in [1.29, 1.82) is 0 Å². The summed E-state index contributed by atoms with van der Waals surface area (Å²) in [6.07, 6.45) is 6.03. The molecule has 0 radical (unpaired) electrons. The number of amides is 1. The Morgan fingerprint density at radius 2 is 1.66 bits per heavy atom. The second kappa shape index (κ2) is 12.5. The number of aliphatic imine (C=N–C) groups is 1. The van der Waals surface area contributed by atoms with Crippen LogP contribution < -0.4 is 20.7 Å². The molecule has 0 saturated heterocycles. The fourth-order valence-corrected chi connectivity index (χ4v) is 3.71. The molecule has 2 aliphatic rings. The summed E-state index contributed by atoms with van der Waals surface area (Å²) in [5.74, 6) is 2.47. The molecule has 0 unspecified atom stereocenters. The van der Waals surface area contributed by atoms with E-state index in [0.717, 1.165) is 55.5 Å². The van der Waals surface area contributed by atoms with Crippen molar-refractivity contribution >= 4 is 36.0 Å². The summed E-state index contributed by atoms with van der Waals surface area (Å²) in [4.78, 5) is 16.4. The molecule has 8 heteroatoms. The third-order valence-corrected chi connectivity index (χ3v) is 5.60. The van der Waals surface area contributed by atoms with Gasteiger partial charge in [-0.2, -0.15) is 0 Å². The zero-order valence-corrected chi connectivity index (χ0v) is 22.1. The summed E-state index contributed by atoms with van der Waals surface area (Å²) in [7, 11) is 1.79. The molecule has 0 aromatic heterocycles. The first-order valence-electron chi connectivity index (χ1n) is 11.5. The summed E-state index contributed by atoms with van der Waals surface area (Å²) in [5.41, 5.74) is 0.666. The van der Waals surface area contributed by atoms with Crippen LogP contribution in [0.15, 0.2) is 29.3 Å². The van der Waals surface area contributed by atoms with Gasteiger partial charge in [-0.25, -0.2) is 4.79 Å². The minimum atomic E-state index is -0.470. The topological polar surface area (TPSA) is 84.0 Å². The van der Waals surface area contributed by atoms with Gasteiger partial charge >= 0.3 is 6.09 Å². The molecule has 0 heterocycles. The predicted molar refractivity (Wildman–Crippen MR) is 139 cm³/mol. The molecule has 0 aliphatic heterocycles. The van der Waals surface area contributed by atoms with E-state index in [1.54, 1.807) is 7.05 Å². The highest BCUT2D eigenvalue weighted by Crippen LogP contribution is 2.30. The largest absolute Gasteiger partial charge is 0.493 e. The Morgan fingerprint density at radius 1 is 1.03 bits per heavy atom. The maximum atomic E-state index is 12.0. The van der Waals surface area contributed by atoms with Gasteiger partial charge in [0, 0.05) is 31.2 Å². The van der Waals surface area contributed by atoms with Crippen molar-refractivity contribution < 1.29 is 14.3 Å². The molecule has 0 bridgehead atoms. The van der Waals surface area contributed by atoms with Gasteiger partial charge in [0.05, 0.1) is 6.61 Å². The number of nitrogens with one attached hydrogen (secondary N) is 3. The molecule has 3 rings (SSSR count). The van der Waals surface area contributed by atoms with Crippen molar-refractivity contribution in [1.82, 2.24) is 16.0 Å². The van der Waals surface area contributed by atoms with E-state index in [4.69, 9.17) is 9.47 Å². The van der Waals surface area contributed by atoms with Crippen molar-refractivity contribution in [3.63, 3.8) is 0 Å². The number of nitrogens with zero attached hydrogens (tertiary/aromatic N) is 1. The molecule has 3 N–H and O–H groups in total. The van der Waals surface area contributed by atoms with Gasteiger partial charge in [-0.15, -0.1) is 24.0 Å². The number of carbonyl (C=O) groups is 1. The minimum Gasteiger partial charge on any atom is -0.493 e. The van der Waals surface area contributed by atoms with Gasteiger partial charge < -0.3 is 25.4 Å². The molecule has 0 spiro atoms. The van der Waals surface area contributed by atoms with E-state index in [2.05, 4.69) is 27.0 Å². The number of carbonyl (C=O) groups excluding carboxylic acids is 1. The Kier molecular flexibility index (Phi) is 10.4. The van der Waals surface area contributed by atoms with E-state index in [1.807, 2.05) is 39.0 Å². The first-order valence-corrected chi connectivity index (χ1v) is 11.5. The van der Waals surface area contributed by atoms with Crippen LogP contribution in [0.4, 0.5) is 4.79 Å². The third-order valence-electron chi connectivity index (χ3n) is 5.60. The second-order valence-electron chi connectivity index (χ2n) is 9.63. The number of benzene rings is 1. The highest BCUT2D eigenvalue weighted by molar-refractivity contribution is 14.0. The van der Waals surface area contributed by atoms with Gasteiger partial charge in [-0.3, -0.25) is 4.99 Å². The van der Waals surface area contributed by atoms with Gasteiger partial charge in [0.1, 0.15) is 11.4 Å². The molecule has 1 aromatic rings. The molecule has 2 saturated carbocycles. The highest BCUT2D eigenvalue weighted by Gasteiger charge is 2.25. The zero-order chi connectivity index (χ0) is 22.3. The van der Waals surface area contributed by atoms with Gasteiger partial charge in [0.15, 0.2) is 5.96 Å². The Labute approximate surface area is 209 Å². The van der Waals surface area contributed by atoms with E-state index in [0.29, 0.717) is 12.6 Å². The van der Waals surface area contributed by atoms with E-state index >= 15 is 0 Å². The smallest absolute Gasteiger partial charge is 0.407 e. The lowest BCUT2D eigenvalue weighted by Crippen LogP contribution is -2.47. The van der Waals surface area contributed by atoms with Crippen molar-refractivity contribution in [2.75, 3.05) is 13.7 Å². The zero-order valence-electron chi connectivity index (χ0n) is 19.8. The van der Waals surface area contributed by atoms with E-state index in [9.17, 15) is 4.79 Å². The Hall–Kier alpha value is -1.71. The molecule has 32 heavy (non-hydrogen) atoms. The van der Waals surface area contributed by atoms with Crippen LogP contribution in [0.5, 0.6) is 5.75 Å². The van der Waals surface area contributed by atoms with Crippen LogP contribution in [-0.4, -0.2) is 43.4 Å². The predicted octanol–water partition coefficient (Wildman–Crippen LogP) is 4.59. The molecule has 7 nitrogen and oxygen atoms in total. The van der Waals surface area contributed by atoms with E-state index < -0.39 is 5.60 Å². The molecule has 180 valence electrons. The van der Waals surface area contributed by atoms with Crippen molar-refractivity contribution in [3.8, 4) is 5.75 Å². The second-order valence-corrected chi connectivity index (χ2v) is 9.63. The van der Waals surface area contributed by atoms with Crippen LogP contribution in [0.3, 0.4) is 0 Å². The average Bonchev–Trinajstić information content (AvgIpc) is 3.54. The number of halogens is 1. The Balaban J connectivity index is 0.00000363.